The predicted molar refractivity (Wildman–Crippen MR) is 101 cm³/mol. The van der Waals surface area contributed by atoms with Gasteiger partial charge in [0.1, 0.15) is 22.8 Å². The number of nitrogens with zero attached hydrogens (tertiary/aromatic N) is 3. The molecule has 0 fully saturated rings. The molecular weight excluding hydrogens is 344 g/mol. The van der Waals surface area contributed by atoms with Gasteiger partial charge in [-0.2, -0.15) is 10.1 Å². The standard InChI is InChI=1S/C20H18N4O3/c1-26-15-5-3-12(4-6-15)7-18-23-19-16(20(25)24-18)8-13(9-17(19)27-2)14-10-21-22-11-14/h3-6,8-11H,7H2,1-2H3,(H,21,22)(H,23,24,25). The van der Waals surface area contributed by atoms with Crippen molar-refractivity contribution in [3.05, 3.63) is 60.2 Å². The average Bonchev–Trinajstić information content (AvgIpc) is 3.23. The number of aromatic nitrogens is 4. The van der Waals surface area contributed by atoms with Crippen LogP contribution in [0, 0.1) is 0 Å². The van der Waals surface area contributed by atoms with Gasteiger partial charge < -0.3 is 14.6 Å². The highest BCUT2D eigenvalue weighted by Crippen LogP contribution is 2.34. The first-order valence-electron chi connectivity index (χ1n) is 8.37. The second kappa shape index (κ2) is 6.95. The van der Waals surface area contributed by atoms with E-state index in [1.807, 2.05) is 36.4 Å². The van der Waals surface area contributed by atoms with Gasteiger partial charge in [0, 0.05) is 18.2 Å². The molecule has 27 heavy (non-hydrogen) atoms. The summed E-state index contributed by atoms with van der Waals surface area (Å²) in [5.41, 5.74) is 3.33. The van der Waals surface area contributed by atoms with Crippen molar-refractivity contribution in [3.63, 3.8) is 0 Å². The first-order valence-corrected chi connectivity index (χ1v) is 8.37. The minimum atomic E-state index is -0.0767. The highest BCUT2D eigenvalue weighted by atomic mass is 16.5. The Balaban J connectivity index is 1.77. The Labute approximate surface area is 155 Å². The molecule has 0 spiro atoms. The third-order valence-corrected chi connectivity index (χ3v) is 4.36. The smallest absolute Gasteiger partial charge is 0.222 e. The molecule has 0 aliphatic carbocycles. The van der Waals surface area contributed by atoms with Gasteiger partial charge in [0.25, 0.3) is 0 Å². The molecule has 2 aromatic carbocycles. The number of H-pyrrole nitrogens is 1. The van der Waals surface area contributed by atoms with E-state index in [0.717, 1.165) is 22.4 Å². The quantitative estimate of drug-likeness (QED) is 0.566. The SMILES string of the molecule is COc1ccc(Cc2nc(O)c3cc(-c4cn[nH]c4)cc(OC)c3n2)cc1. The van der Waals surface area contributed by atoms with Gasteiger partial charge in [-0.25, -0.2) is 4.98 Å². The van der Waals surface area contributed by atoms with Crippen LogP contribution in [0.1, 0.15) is 11.4 Å². The zero-order chi connectivity index (χ0) is 18.8. The largest absolute Gasteiger partial charge is 0.497 e. The lowest BCUT2D eigenvalue weighted by molar-refractivity contribution is 0.414. The first kappa shape index (κ1) is 16.8. The molecule has 0 amide bonds. The number of nitrogens with one attached hydrogen (secondary N) is 1. The van der Waals surface area contributed by atoms with E-state index < -0.39 is 0 Å². The van der Waals surface area contributed by atoms with Crippen LogP contribution in [0.25, 0.3) is 22.0 Å². The molecule has 2 aromatic heterocycles. The number of ether oxygens (including phenoxy) is 2. The number of fused-ring (bicyclic) bond motifs is 1. The molecule has 0 aliphatic rings. The van der Waals surface area contributed by atoms with Gasteiger partial charge in [-0.05, 0) is 35.4 Å². The highest BCUT2D eigenvalue weighted by Gasteiger charge is 2.14. The Kier molecular flexibility index (Phi) is 4.33. The van der Waals surface area contributed by atoms with Crippen molar-refractivity contribution in [2.75, 3.05) is 14.2 Å². The second-order valence-electron chi connectivity index (χ2n) is 6.05. The van der Waals surface area contributed by atoms with Crippen LogP contribution in [-0.2, 0) is 6.42 Å². The third kappa shape index (κ3) is 3.27. The molecule has 0 saturated heterocycles. The van der Waals surface area contributed by atoms with Crippen molar-refractivity contribution in [1.29, 1.82) is 0 Å². The predicted octanol–water partition coefficient (Wildman–Crippen LogP) is 3.33. The van der Waals surface area contributed by atoms with Crippen LogP contribution in [0.3, 0.4) is 0 Å². The molecule has 7 heteroatoms. The molecule has 7 nitrogen and oxygen atoms in total. The summed E-state index contributed by atoms with van der Waals surface area (Å²) < 4.78 is 10.7. The van der Waals surface area contributed by atoms with Crippen LogP contribution in [0.15, 0.2) is 48.8 Å². The first-order chi connectivity index (χ1) is 13.2. The molecule has 0 radical (unpaired) electrons. The summed E-state index contributed by atoms with van der Waals surface area (Å²) in [6.45, 7) is 0. The Bertz CT molecular complexity index is 1080. The summed E-state index contributed by atoms with van der Waals surface area (Å²) >= 11 is 0. The fourth-order valence-electron chi connectivity index (χ4n) is 2.97. The number of aromatic hydroxyl groups is 1. The minimum Gasteiger partial charge on any atom is -0.497 e. The maximum absolute atomic E-state index is 10.5. The maximum atomic E-state index is 10.5. The number of hydrogen-bond donors (Lipinski definition) is 2. The molecule has 0 aliphatic heterocycles. The van der Waals surface area contributed by atoms with Gasteiger partial charge in [-0.15, -0.1) is 0 Å². The number of benzene rings is 2. The van der Waals surface area contributed by atoms with Crippen LogP contribution < -0.4 is 9.47 Å². The Hall–Kier alpha value is -3.61. The summed E-state index contributed by atoms with van der Waals surface area (Å²) in [6.07, 6.45) is 3.97. The van der Waals surface area contributed by atoms with E-state index in [1.54, 1.807) is 26.6 Å². The summed E-state index contributed by atoms with van der Waals surface area (Å²) in [4.78, 5) is 8.89. The lowest BCUT2D eigenvalue weighted by Gasteiger charge is -2.11. The van der Waals surface area contributed by atoms with E-state index in [1.165, 1.54) is 0 Å². The van der Waals surface area contributed by atoms with E-state index in [0.29, 0.717) is 28.9 Å². The van der Waals surface area contributed by atoms with E-state index >= 15 is 0 Å². The number of rotatable bonds is 5. The fraction of sp³-hybridized carbons (Fsp3) is 0.150. The Morgan fingerprint density at radius 1 is 1.00 bits per heavy atom. The zero-order valence-corrected chi connectivity index (χ0v) is 14.9. The number of methoxy groups -OCH3 is 2. The number of aromatic amines is 1. The Morgan fingerprint density at radius 2 is 1.81 bits per heavy atom. The van der Waals surface area contributed by atoms with E-state index in [-0.39, 0.29) is 5.88 Å². The summed E-state index contributed by atoms with van der Waals surface area (Å²) in [5, 5.41) is 17.8. The van der Waals surface area contributed by atoms with Crippen LogP contribution >= 0.6 is 0 Å². The van der Waals surface area contributed by atoms with E-state index in [9.17, 15) is 5.11 Å². The van der Waals surface area contributed by atoms with Crippen molar-refractivity contribution < 1.29 is 14.6 Å². The monoisotopic (exact) mass is 362 g/mol. The normalized spacial score (nSPS) is 10.9. The Morgan fingerprint density at radius 3 is 2.48 bits per heavy atom. The molecule has 0 unspecified atom stereocenters. The maximum Gasteiger partial charge on any atom is 0.222 e. The topological polar surface area (TPSA) is 93.2 Å². The fourth-order valence-corrected chi connectivity index (χ4v) is 2.97. The summed E-state index contributed by atoms with van der Waals surface area (Å²) in [6, 6.07) is 11.4. The van der Waals surface area contributed by atoms with E-state index in [2.05, 4.69) is 20.2 Å². The van der Waals surface area contributed by atoms with Gasteiger partial charge in [0.05, 0.1) is 25.8 Å². The van der Waals surface area contributed by atoms with Crippen LogP contribution in [-0.4, -0.2) is 39.5 Å². The highest BCUT2D eigenvalue weighted by molar-refractivity contribution is 5.92. The third-order valence-electron chi connectivity index (χ3n) is 4.36. The second-order valence-corrected chi connectivity index (χ2v) is 6.05. The number of hydrogen-bond acceptors (Lipinski definition) is 6. The van der Waals surface area contributed by atoms with Gasteiger partial charge >= 0.3 is 0 Å². The van der Waals surface area contributed by atoms with Crippen LogP contribution in [0.5, 0.6) is 17.4 Å². The molecule has 0 saturated carbocycles. The lowest BCUT2D eigenvalue weighted by atomic mass is 10.1. The van der Waals surface area contributed by atoms with Crippen molar-refractivity contribution >= 4 is 10.9 Å². The van der Waals surface area contributed by atoms with Crippen molar-refractivity contribution in [2.24, 2.45) is 0 Å². The van der Waals surface area contributed by atoms with Gasteiger partial charge in [-0.3, -0.25) is 5.10 Å². The molecule has 2 N–H and O–H groups in total. The van der Waals surface area contributed by atoms with Crippen LogP contribution in [0.2, 0.25) is 0 Å². The molecule has 136 valence electrons. The van der Waals surface area contributed by atoms with E-state index in [4.69, 9.17) is 9.47 Å². The molecule has 2 heterocycles. The van der Waals surface area contributed by atoms with Gasteiger partial charge in [0.15, 0.2) is 0 Å². The molecular formula is C20H18N4O3. The summed E-state index contributed by atoms with van der Waals surface area (Å²) in [5.74, 6) is 1.79. The average molecular weight is 362 g/mol. The zero-order valence-electron chi connectivity index (χ0n) is 14.9. The van der Waals surface area contributed by atoms with Crippen molar-refractivity contribution in [1.82, 2.24) is 20.2 Å². The summed E-state index contributed by atoms with van der Waals surface area (Å²) in [7, 11) is 3.21. The van der Waals surface area contributed by atoms with Gasteiger partial charge in [0.2, 0.25) is 5.88 Å². The van der Waals surface area contributed by atoms with Crippen molar-refractivity contribution in [2.45, 2.75) is 6.42 Å². The van der Waals surface area contributed by atoms with Crippen molar-refractivity contribution in [3.8, 4) is 28.5 Å². The minimum absolute atomic E-state index is 0.0767. The molecule has 0 atom stereocenters. The lowest BCUT2D eigenvalue weighted by Crippen LogP contribution is -1.99. The van der Waals surface area contributed by atoms with Crippen LogP contribution in [0.4, 0.5) is 0 Å². The molecule has 4 aromatic rings. The van der Waals surface area contributed by atoms with Gasteiger partial charge in [-0.1, -0.05) is 12.1 Å². The molecule has 4 rings (SSSR count). The molecule has 0 bridgehead atoms.